The highest BCUT2D eigenvalue weighted by Gasteiger charge is 2.11. The standard InChI is InChI=1S/C16H13FN2O3/c17-13-4-11(8-19)3-12(6-13)14-5-10(7-18)1-2-15(14)22-9-16(20)21/h1-6H,7,9,18H2,(H,20,21). The second kappa shape index (κ2) is 6.70. The molecule has 5 nitrogen and oxygen atoms in total. The summed E-state index contributed by atoms with van der Waals surface area (Å²) < 4.78 is 18.8. The van der Waals surface area contributed by atoms with Crippen LogP contribution in [0.25, 0.3) is 11.1 Å². The number of halogens is 1. The van der Waals surface area contributed by atoms with E-state index in [-0.39, 0.29) is 17.9 Å². The van der Waals surface area contributed by atoms with Crippen molar-refractivity contribution >= 4 is 5.97 Å². The molecule has 0 amide bonds. The van der Waals surface area contributed by atoms with Crippen LogP contribution >= 0.6 is 0 Å². The maximum Gasteiger partial charge on any atom is 0.341 e. The minimum atomic E-state index is -1.12. The number of ether oxygens (including phenoxy) is 1. The van der Waals surface area contributed by atoms with Crippen molar-refractivity contribution in [2.24, 2.45) is 5.73 Å². The van der Waals surface area contributed by atoms with E-state index in [4.69, 9.17) is 20.8 Å². The Bertz CT molecular complexity index is 754. The molecule has 0 aromatic heterocycles. The zero-order valence-electron chi connectivity index (χ0n) is 11.5. The molecule has 0 aliphatic carbocycles. The van der Waals surface area contributed by atoms with E-state index >= 15 is 0 Å². The van der Waals surface area contributed by atoms with Crippen molar-refractivity contribution in [2.75, 3.05) is 6.61 Å². The molecule has 0 radical (unpaired) electrons. The predicted molar refractivity (Wildman–Crippen MR) is 77.6 cm³/mol. The SMILES string of the molecule is N#Cc1cc(F)cc(-c2cc(CN)ccc2OCC(=O)O)c1. The zero-order valence-corrected chi connectivity index (χ0v) is 11.5. The van der Waals surface area contributed by atoms with Crippen LogP contribution in [0, 0.1) is 17.1 Å². The molecule has 2 rings (SSSR count). The van der Waals surface area contributed by atoms with E-state index in [2.05, 4.69) is 0 Å². The van der Waals surface area contributed by atoms with Gasteiger partial charge < -0.3 is 15.6 Å². The lowest BCUT2D eigenvalue weighted by atomic mass is 10.00. The van der Waals surface area contributed by atoms with Crippen LogP contribution in [0.1, 0.15) is 11.1 Å². The van der Waals surface area contributed by atoms with E-state index in [1.54, 1.807) is 18.2 Å². The van der Waals surface area contributed by atoms with Crippen molar-refractivity contribution in [3.05, 3.63) is 53.3 Å². The van der Waals surface area contributed by atoms with Crippen LogP contribution in [-0.2, 0) is 11.3 Å². The van der Waals surface area contributed by atoms with Crippen molar-refractivity contribution in [1.82, 2.24) is 0 Å². The summed E-state index contributed by atoms with van der Waals surface area (Å²) in [6.45, 7) is -0.248. The van der Waals surface area contributed by atoms with Crippen molar-refractivity contribution in [3.8, 4) is 22.9 Å². The molecule has 0 saturated carbocycles. The molecule has 0 aliphatic rings. The van der Waals surface area contributed by atoms with Gasteiger partial charge in [-0.2, -0.15) is 5.26 Å². The van der Waals surface area contributed by atoms with E-state index in [9.17, 15) is 9.18 Å². The number of aliphatic carboxylic acids is 1. The third kappa shape index (κ3) is 3.59. The van der Waals surface area contributed by atoms with E-state index in [0.717, 1.165) is 11.6 Å². The van der Waals surface area contributed by atoms with Crippen molar-refractivity contribution in [3.63, 3.8) is 0 Å². The number of nitrogens with zero attached hydrogens (tertiary/aromatic N) is 1. The molecule has 0 saturated heterocycles. The number of nitrogens with two attached hydrogens (primary N) is 1. The lowest BCUT2D eigenvalue weighted by Crippen LogP contribution is -2.10. The number of carboxylic acids is 1. The average molecular weight is 300 g/mol. The highest BCUT2D eigenvalue weighted by atomic mass is 19.1. The molecule has 6 heteroatoms. The normalized spacial score (nSPS) is 10.0. The smallest absolute Gasteiger partial charge is 0.341 e. The Morgan fingerprint density at radius 3 is 2.73 bits per heavy atom. The third-order valence-corrected chi connectivity index (χ3v) is 2.97. The van der Waals surface area contributed by atoms with Gasteiger partial charge in [0, 0.05) is 12.1 Å². The van der Waals surface area contributed by atoms with Gasteiger partial charge in [-0.1, -0.05) is 6.07 Å². The predicted octanol–water partition coefficient (Wildman–Crippen LogP) is 2.29. The average Bonchev–Trinajstić information content (AvgIpc) is 2.52. The molecule has 22 heavy (non-hydrogen) atoms. The van der Waals surface area contributed by atoms with Gasteiger partial charge in [-0.3, -0.25) is 0 Å². The molecule has 0 heterocycles. The summed E-state index contributed by atoms with van der Waals surface area (Å²) in [5.74, 6) is -1.39. The second-order valence-electron chi connectivity index (χ2n) is 4.56. The molecular weight excluding hydrogens is 287 g/mol. The van der Waals surface area contributed by atoms with E-state index < -0.39 is 18.4 Å². The minimum absolute atomic E-state index is 0.164. The molecule has 0 aliphatic heterocycles. The number of carbonyl (C=O) groups is 1. The molecule has 2 aromatic carbocycles. The molecule has 0 fully saturated rings. The first-order valence-corrected chi connectivity index (χ1v) is 6.42. The molecule has 3 N–H and O–H groups in total. The van der Waals surface area contributed by atoms with Crippen LogP contribution in [0.15, 0.2) is 36.4 Å². The Morgan fingerprint density at radius 1 is 1.32 bits per heavy atom. The van der Waals surface area contributed by atoms with Gasteiger partial charge >= 0.3 is 5.97 Å². The van der Waals surface area contributed by atoms with Crippen molar-refractivity contribution in [2.45, 2.75) is 6.54 Å². The zero-order chi connectivity index (χ0) is 16.1. The highest BCUT2D eigenvalue weighted by molar-refractivity contribution is 5.74. The molecule has 2 aromatic rings. The first-order valence-electron chi connectivity index (χ1n) is 6.42. The first-order chi connectivity index (χ1) is 10.5. The van der Waals surface area contributed by atoms with Crippen molar-refractivity contribution in [1.29, 1.82) is 5.26 Å². The van der Waals surface area contributed by atoms with Gasteiger partial charge in [-0.25, -0.2) is 9.18 Å². The van der Waals surface area contributed by atoms with E-state index in [0.29, 0.717) is 11.1 Å². The van der Waals surface area contributed by atoms with E-state index in [1.165, 1.54) is 12.1 Å². The van der Waals surface area contributed by atoms with Crippen LogP contribution in [-0.4, -0.2) is 17.7 Å². The second-order valence-corrected chi connectivity index (χ2v) is 4.56. The summed E-state index contributed by atoms with van der Waals surface area (Å²) in [6, 6.07) is 10.7. The van der Waals surface area contributed by atoms with Gasteiger partial charge in [0.05, 0.1) is 11.6 Å². The van der Waals surface area contributed by atoms with Crippen LogP contribution in [0.3, 0.4) is 0 Å². The number of hydrogen-bond acceptors (Lipinski definition) is 4. The lowest BCUT2D eigenvalue weighted by molar-refractivity contribution is -0.139. The molecule has 0 bridgehead atoms. The Labute approximate surface area is 126 Å². The molecule has 0 atom stereocenters. The Hall–Kier alpha value is -2.91. The Balaban J connectivity index is 2.53. The number of rotatable bonds is 5. The highest BCUT2D eigenvalue weighted by Crippen LogP contribution is 2.32. The number of carboxylic acid groups (broad SMARTS) is 1. The molecule has 112 valence electrons. The van der Waals surface area contributed by atoms with E-state index in [1.807, 2.05) is 6.07 Å². The molecule has 0 spiro atoms. The summed E-state index contributed by atoms with van der Waals surface area (Å²) in [5.41, 5.74) is 7.45. The fourth-order valence-corrected chi connectivity index (χ4v) is 2.00. The van der Waals surface area contributed by atoms with Gasteiger partial charge in [-0.05, 0) is 41.5 Å². The summed E-state index contributed by atoms with van der Waals surface area (Å²) in [4.78, 5) is 10.7. The fraction of sp³-hybridized carbons (Fsp3) is 0.125. The van der Waals surface area contributed by atoms with Gasteiger partial charge in [0.1, 0.15) is 11.6 Å². The fourth-order valence-electron chi connectivity index (χ4n) is 2.00. The Morgan fingerprint density at radius 2 is 2.09 bits per heavy atom. The summed E-state index contributed by atoms with van der Waals surface area (Å²) in [5, 5.41) is 17.6. The summed E-state index contributed by atoms with van der Waals surface area (Å²) in [7, 11) is 0. The van der Waals surface area contributed by atoms with Crippen LogP contribution in [0.5, 0.6) is 5.75 Å². The monoisotopic (exact) mass is 300 g/mol. The van der Waals surface area contributed by atoms with Crippen molar-refractivity contribution < 1.29 is 19.0 Å². The quantitative estimate of drug-likeness (QED) is 0.883. The third-order valence-electron chi connectivity index (χ3n) is 2.97. The number of nitriles is 1. The largest absolute Gasteiger partial charge is 0.481 e. The summed E-state index contributed by atoms with van der Waals surface area (Å²) >= 11 is 0. The van der Waals surface area contributed by atoms with Gasteiger partial charge in [0.2, 0.25) is 0 Å². The Kier molecular flexibility index (Phi) is 4.71. The summed E-state index contributed by atoms with van der Waals surface area (Å²) in [6.07, 6.45) is 0. The minimum Gasteiger partial charge on any atom is -0.481 e. The topological polar surface area (TPSA) is 96.3 Å². The molecule has 0 unspecified atom stereocenters. The van der Waals surface area contributed by atoms with Crippen LogP contribution in [0.4, 0.5) is 4.39 Å². The first kappa shape index (κ1) is 15.5. The van der Waals surface area contributed by atoms with Gasteiger partial charge in [0.25, 0.3) is 0 Å². The maximum atomic E-state index is 13.6. The van der Waals surface area contributed by atoms with Gasteiger partial charge in [0.15, 0.2) is 6.61 Å². The maximum absolute atomic E-state index is 13.6. The molecular formula is C16H13FN2O3. The lowest BCUT2D eigenvalue weighted by Gasteiger charge is -2.12. The van der Waals surface area contributed by atoms with Crippen LogP contribution in [0.2, 0.25) is 0 Å². The number of hydrogen-bond donors (Lipinski definition) is 2. The van der Waals surface area contributed by atoms with Crippen LogP contribution < -0.4 is 10.5 Å². The van der Waals surface area contributed by atoms with Gasteiger partial charge in [-0.15, -0.1) is 0 Å². The number of benzene rings is 2.